The van der Waals surface area contributed by atoms with Gasteiger partial charge in [0.2, 0.25) is 0 Å². The molecular formula is C17H39NO2Si. The second kappa shape index (κ2) is 15.0. The Labute approximate surface area is 134 Å². The molecule has 21 heavy (non-hydrogen) atoms. The van der Waals surface area contributed by atoms with Crippen LogP contribution in [0.1, 0.15) is 58.3 Å². The predicted octanol–water partition coefficient (Wildman–Crippen LogP) is 4.58. The van der Waals surface area contributed by atoms with Crippen LogP contribution < -0.4 is 5.32 Å². The molecule has 0 bridgehead atoms. The summed E-state index contributed by atoms with van der Waals surface area (Å²) in [4.78, 5) is 0. The molecule has 0 aromatic rings. The van der Waals surface area contributed by atoms with E-state index in [1.807, 2.05) is 0 Å². The molecule has 0 heterocycles. The van der Waals surface area contributed by atoms with E-state index in [-0.39, 0.29) is 0 Å². The lowest BCUT2D eigenvalue weighted by atomic mass is 10.1. The summed E-state index contributed by atoms with van der Waals surface area (Å²) in [5, 5.41) is 3.45. The number of rotatable bonds is 16. The standard InChI is InChI=1S/C17H39NO2Si/c1-5-6-7-8-9-10-11-12-13-18-14-15-19-16-17-20-21(2,3)4/h18H,5-17H2,1-4H3. The molecule has 0 unspecified atom stereocenters. The van der Waals surface area contributed by atoms with Crippen LogP contribution in [-0.2, 0) is 9.16 Å². The highest BCUT2D eigenvalue weighted by molar-refractivity contribution is 6.69. The van der Waals surface area contributed by atoms with Crippen LogP contribution in [0, 0.1) is 0 Å². The highest BCUT2D eigenvalue weighted by Gasteiger charge is 2.12. The lowest BCUT2D eigenvalue weighted by Crippen LogP contribution is -2.28. The van der Waals surface area contributed by atoms with Crippen molar-refractivity contribution in [1.82, 2.24) is 5.32 Å². The Bertz CT molecular complexity index is 207. The molecule has 0 aliphatic carbocycles. The highest BCUT2D eigenvalue weighted by atomic mass is 28.4. The van der Waals surface area contributed by atoms with Gasteiger partial charge in [-0.2, -0.15) is 0 Å². The third-order valence-corrected chi connectivity index (χ3v) is 4.46. The van der Waals surface area contributed by atoms with Crippen molar-refractivity contribution < 1.29 is 9.16 Å². The van der Waals surface area contributed by atoms with Gasteiger partial charge in [-0.05, 0) is 32.6 Å². The maximum absolute atomic E-state index is 5.73. The highest BCUT2D eigenvalue weighted by Crippen LogP contribution is 2.07. The Morgan fingerprint density at radius 2 is 1.33 bits per heavy atom. The maximum atomic E-state index is 5.73. The fraction of sp³-hybridized carbons (Fsp3) is 1.00. The number of hydrogen-bond acceptors (Lipinski definition) is 3. The molecule has 0 radical (unpaired) electrons. The summed E-state index contributed by atoms with van der Waals surface area (Å²) in [5.41, 5.74) is 0. The Balaban J connectivity index is 3.00. The van der Waals surface area contributed by atoms with Gasteiger partial charge >= 0.3 is 0 Å². The van der Waals surface area contributed by atoms with E-state index in [0.29, 0.717) is 0 Å². The Kier molecular flexibility index (Phi) is 15.1. The third kappa shape index (κ3) is 20.1. The molecule has 4 heteroatoms. The summed E-state index contributed by atoms with van der Waals surface area (Å²) >= 11 is 0. The van der Waals surface area contributed by atoms with E-state index >= 15 is 0 Å². The van der Waals surface area contributed by atoms with E-state index in [2.05, 4.69) is 31.9 Å². The van der Waals surface area contributed by atoms with Crippen LogP contribution in [0.5, 0.6) is 0 Å². The van der Waals surface area contributed by atoms with Crippen LogP contribution in [0.15, 0.2) is 0 Å². The topological polar surface area (TPSA) is 30.5 Å². The van der Waals surface area contributed by atoms with Crippen LogP contribution in [0.25, 0.3) is 0 Å². The monoisotopic (exact) mass is 317 g/mol. The first-order valence-electron chi connectivity index (χ1n) is 8.98. The average molecular weight is 318 g/mol. The van der Waals surface area contributed by atoms with Gasteiger partial charge in [-0.25, -0.2) is 0 Å². The molecule has 128 valence electrons. The number of nitrogens with one attached hydrogen (secondary N) is 1. The van der Waals surface area contributed by atoms with Crippen LogP contribution >= 0.6 is 0 Å². The Hall–Kier alpha value is 0.0969. The van der Waals surface area contributed by atoms with Crippen molar-refractivity contribution in [3.8, 4) is 0 Å². The molecule has 1 N–H and O–H groups in total. The molecule has 0 aromatic carbocycles. The number of hydrogen-bond donors (Lipinski definition) is 1. The maximum Gasteiger partial charge on any atom is 0.183 e. The van der Waals surface area contributed by atoms with Crippen LogP contribution in [0.3, 0.4) is 0 Å². The lowest BCUT2D eigenvalue weighted by Gasteiger charge is -2.16. The fourth-order valence-corrected chi connectivity index (χ4v) is 2.86. The molecule has 0 rings (SSSR count). The van der Waals surface area contributed by atoms with Crippen molar-refractivity contribution in [2.24, 2.45) is 0 Å². The molecular weight excluding hydrogens is 278 g/mol. The van der Waals surface area contributed by atoms with Crippen molar-refractivity contribution in [1.29, 1.82) is 0 Å². The normalized spacial score (nSPS) is 12.0. The van der Waals surface area contributed by atoms with Gasteiger partial charge in [0.05, 0.1) is 19.8 Å². The Morgan fingerprint density at radius 3 is 1.95 bits per heavy atom. The van der Waals surface area contributed by atoms with E-state index in [9.17, 15) is 0 Å². The van der Waals surface area contributed by atoms with E-state index in [1.165, 1.54) is 51.4 Å². The first kappa shape index (κ1) is 21.1. The van der Waals surface area contributed by atoms with Crippen molar-refractivity contribution in [2.45, 2.75) is 77.9 Å². The largest absolute Gasteiger partial charge is 0.415 e. The van der Waals surface area contributed by atoms with Gasteiger partial charge < -0.3 is 14.5 Å². The van der Waals surface area contributed by atoms with Crippen LogP contribution in [0.2, 0.25) is 19.6 Å². The van der Waals surface area contributed by atoms with Gasteiger partial charge in [-0.15, -0.1) is 0 Å². The zero-order chi connectivity index (χ0) is 15.8. The van der Waals surface area contributed by atoms with Gasteiger partial charge in [0.25, 0.3) is 0 Å². The minimum absolute atomic E-state index is 0.726. The molecule has 0 saturated carbocycles. The SMILES string of the molecule is CCCCCCCCCCNCCOCCO[Si](C)(C)C. The molecule has 0 fully saturated rings. The van der Waals surface area contributed by atoms with Gasteiger partial charge in [-0.1, -0.05) is 51.9 Å². The summed E-state index contributed by atoms with van der Waals surface area (Å²) in [6.07, 6.45) is 11.1. The van der Waals surface area contributed by atoms with Crippen molar-refractivity contribution in [3.05, 3.63) is 0 Å². The Morgan fingerprint density at radius 1 is 0.714 bits per heavy atom. The molecule has 0 atom stereocenters. The molecule has 0 aliphatic rings. The third-order valence-electron chi connectivity index (χ3n) is 3.39. The summed E-state index contributed by atoms with van der Waals surface area (Å²) in [6, 6.07) is 0. The van der Waals surface area contributed by atoms with Crippen molar-refractivity contribution in [3.63, 3.8) is 0 Å². The van der Waals surface area contributed by atoms with Gasteiger partial charge in [0.1, 0.15) is 0 Å². The quantitative estimate of drug-likeness (QED) is 0.334. The van der Waals surface area contributed by atoms with Gasteiger partial charge in [0, 0.05) is 6.54 Å². The first-order valence-corrected chi connectivity index (χ1v) is 12.4. The zero-order valence-electron chi connectivity index (χ0n) is 15.0. The molecule has 0 aromatic heterocycles. The molecule has 0 aliphatic heterocycles. The smallest absolute Gasteiger partial charge is 0.183 e. The van der Waals surface area contributed by atoms with Gasteiger partial charge in [-0.3, -0.25) is 0 Å². The zero-order valence-corrected chi connectivity index (χ0v) is 16.0. The predicted molar refractivity (Wildman–Crippen MR) is 95.6 cm³/mol. The van der Waals surface area contributed by atoms with Crippen molar-refractivity contribution >= 4 is 8.32 Å². The fourth-order valence-electron chi connectivity index (χ4n) is 2.16. The van der Waals surface area contributed by atoms with Crippen LogP contribution in [-0.4, -0.2) is 41.2 Å². The minimum Gasteiger partial charge on any atom is -0.415 e. The first-order chi connectivity index (χ1) is 10.1. The van der Waals surface area contributed by atoms with E-state index in [4.69, 9.17) is 9.16 Å². The average Bonchev–Trinajstić information content (AvgIpc) is 2.42. The van der Waals surface area contributed by atoms with E-state index in [1.54, 1.807) is 0 Å². The van der Waals surface area contributed by atoms with Crippen LogP contribution in [0.4, 0.5) is 0 Å². The summed E-state index contributed by atoms with van der Waals surface area (Å²) < 4.78 is 11.3. The van der Waals surface area contributed by atoms with Crippen molar-refractivity contribution in [2.75, 3.05) is 32.9 Å². The second-order valence-electron chi connectivity index (χ2n) is 6.80. The second-order valence-corrected chi connectivity index (χ2v) is 11.3. The summed E-state index contributed by atoms with van der Waals surface area (Å²) in [6.45, 7) is 13.3. The lowest BCUT2D eigenvalue weighted by molar-refractivity contribution is 0.0995. The van der Waals surface area contributed by atoms with Gasteiger partial charge in [0.15, 0.2) is 8.32 Å². The minimum atomic E-state index is -1.36. The van der Waals surface area contributed by atoms with E-state index in [0.717, 1.165) is 32.9 Å². The molecule has 0 spiro atoms. The molecule has 3 nitrogen and oxygen atoms in total. The van der Waals surface area contributed by atoms with E-state index < -0.39 is 8.32 Å². The molecule has 0 saturated heterocycles. The number of ether oxygens (including phenoxy) is 1. The summed E-state index contributed by atoms with van der Waals surface area (Å²) in [5.74, 6) is 0. The summed E-state index contributed by atoms with van der Waals surface area (Å²) in [7, 11) is -1.36. The molecule has 0 amide bonds. The number of unbranched alkanes of at least 4 members (excludes halogenated alkanes) is 7.